The number of aromatic amines is 1. The van der Waals surface area contributed by atoms with Crippen molar-refractivity contribution >= 4 is 52.2 Å². The van der Waals surface area contributed by atoms with Gasteiger partial charge in [0, 0.05) is 22.0 Å². The third-order valence-electron chi connectivity index (χ3n) is 6.58. The van der Waals surface area contributed by atoms with Gasteiger partial charge in [-0.2, -0.15) is 0 Å². The summed E-state index contributed by atoms with van der Waals surface area (Å²) in [5.41, 5.74) is 1.50. The summed E-state index contributed by atoms with van der Waals surface area (Å²) in [6, 6.07) is 21.1. The van der Waals surface area contributed by atoms with Crippen molar-refractivity contribution < 1.29 is 23.5 Å². The molecule has 0 spiro atoms. The van der Waals surface area contributed by atoms with Crippen molar-refractivity contribution in [3.63, 3.8) is 0 Å². The van der Waals surface area contributed by atoms with Crippen molar-refractivity contribution in [2.45, 2.75) is 16.2 Å². The van der Waals surface area contributed by atoms with Gasteiger partial charge in [-0.05, 0) is 42.5 Å². The summed E-state index contributed by atoms with van der Waals surface area (Å²) in [4.78, 5) is 56.7. The minimum absolute atomic E-state index is 0.283. The maximum Gasteiger partial charge on any atom is 0.305 e. The molecule has 2 aliphatic rings. The molecule has 196 valence electrons. The summed E-state index contributed by atoms with van der Waals surface area (Å²) < 4.78 is 19.1. The van der Waals surface area contributed by atoms with Crippen LogP contribution in [0.1, 0.15) is 16.4 Å². The van der Waals surface area contributed by atoms with Crippen molar-refractivity contribution in [3.8, 4) is 5.75 Å². The smallest absolute Gasteiger partial charge is 0.305 e. The van der Waals surface area contributed by atoms with E-state index < -0.39 is 28.8 Å². The van der Waals surface area contributed by atoms with Crippen molar-refractivity contribution in [3.05, 3.63) is 105 Å². The third-order valence-corrected chi connectivity index (χ3v) is 8.98. The first-order valence-electron chi connectivity index (χ1n) is 12.0. The summed E-state index contributed by atoms with van der Waals surface area (Å²) in [7, 11) is 0. The number of thioether (sulfide) groups is 1. The first-order valence-corrected chi connectivity index (χ1v) is 13.7. The van der Waals surface area contributed by atoms with E-state index in [9.17, 15) is 23.6 Å². The lowest BCUT2D eigenvalue weighted by Crippen LogP contribution is -2.32. The fourth-order valence-corrected chi connectivity index (χ4v) is 7.43. The van der Waals surface area contributed by atoms with E-state index >= 15 is 0 Å². The van der Waals surface area contributed by atoms with Gasteiger partial charge in [-0.1, -0.05) is 59.5 Å². The topological polar surface area (TPSA) is 109 Å². The highest BCUT2D eigenvalue weighted by molar-refractivity contribution is 8.00. The van der Waals surface area contributed by atoms with Gasteiger partial charge in [0.2, 0.25) is 11.8 Å². The predicted octanol–water partition coefficient (Wildman–Crippen LogP) is 4.39. The molecule has 1 fully saturated rings. The van der Waals surface area contributed by atoms with Crippen LogP contribution in [0, 0.1) is 11.7 Å². The molecule has 39 heavy (non-hydrogen) atoms. The first kappa shape index (κ1) is 25.1. The van der Waals surface area contributed by atoms with Gasteiger partial charge < -0.3 is 15.0 Å². The summed E-state index contributed by atoms with van der Waals surface area (Å²) in [5, 5.41) is 2.46. The van der Waals surface area contributed by atoms with E-state index in [-0.39, 0.29) is 23.3 Å². The zero-order chi connectivity index (χ0) is 27.1. The number of nitrogens with zero attached hydrogens (tertiary/aromatic N) is 1. The molecule has 6 rings (SSSR count). The Kier molecular flexibility index (Phi) is 6.53. The van der Waals surface area contributed by atoms with Gasteiger partial charge in [-0.25, -0.2) is 9.29 Å². The predicted molar refractivity (Wildman–Crippen MR) is 146 cm³/mol. The van der Waals surface area contributed by atoms with Crippen LogP contribution < -0.4 is 19.8 Å². The molecule has 0 unspecified atom stereocenters. The van der Waals surface area contributed by atoms with Crippen LogP contribution in [0.25, 0.3) is 0 Å². The molecule has 1 aromatic heterocycles. The molecule has 3 aromatic carbocycles. The Morgan fingerprint density at radius 2 is 1.67 bits per heavy atom. The van der Waals surface area contributed by atoms with E-state index in [0.29, 0.717) is 32.6 Å². The SMILES string of the molecule is O=C(COc1ccccc1[C@@H]1c2sc(=O)[nH]c2S[C@H]2C(=O)N(c3ccccc3)C(=O)[C@@H]12)Nc1ccc(F)cc1. The number of fused-ring (bicyclic) bond motifs is 2. The van der Waals surface area contributed by atoms with E-state index in [1.807, 2.05) is 0 Å². The molecule has 11 heteroatoms. The summed E-state index contributed by atoms with van der Waals surface area (Å²) in [6.07, 6.45) is 0. The van der Waals surface area contributed by atoms with Crippen LogP contribution in [0.4, 0.5) is 15.8 Å². The minimum atomic E-state index is -0.778. The number of H-pyrrole nitrogens is 1. The van der Waals surface area contributed by atoms with E-state index in [2.05, 4.69) is 10.3 Å². The van der Waals surface area contributed by atoms with Crippen molar-refractivity contribution in [2.24, 2.45) is 5.92 Å². The van der Waals surface area contributed by atoms with Crippen LogP contribution in [0.3, 0.4) is 0 Å². The van der Waals surface area contributed by atoms with Gasteiger partial charge in [0.25, 0.3) is 5.91 Å². The number of hydrogen-bond donors (Lipinski definition) is 2. The second kappa shape index (κ2) is 10.2. The molecule has 2 N–H and O–H groups in total. The number of carbonyl (C=O) groups excluding carboxylic acids is 3. The number of benzene rings is 3. The Bertz CT molecular complexity index is 1640. The van der Waals surface area contributed by atoms with Gasteiger partial charge in [-0.3, -0.25) is 19.2 Å². The van der Waals surface area contributed by atoms with Crippen LogP contribution in [-0.4, -0.2) is 34.6 Å². The van der Waals surface area contributed by atoms with Crippen molar-refractivity contribution in [1.29, 1.82) is 0 Å². The first-order chi connectivity index (χ1) is 18.9. The van der Waals surface area contributed by atoms with Gasteiger partial charge in [0.15, 0.2) is 6.61 Å². The number of para-hydroxylation sites is 2. The Morgan fingerprint density at radius 1 is 0.949 bits per heavy atom. The van der Waals surface area contributed by atoms with E-state index in [0.717, 1.165) is 11.3 Å². The Morgan fingerprint density at radius 3 is 2.44 bits per heavy atom. The van der Waals surface area contributed by atoms with Crippen LogP contribution >= 0.6 is 23.1 Å². The van der Waals surface area contributed by atoms with Crippen LogP contribution in [-0.2, 0) is 14.4 Å². The maximum atomic E-state index is 13.8. The second-order valence-corrected chi connectivity index (χ2v) is 11.1. The van der Waals surface area contributed by atoms with Crippen LogP contribution in [0.5, 0.6) is 5.75 Å². The molecular formula is C28H20FN3O5S2. The molecule has 0 aliphatic carbocycles. The van der Waals surface area contributed by atoms with Gasteiger partial charge in [0.1, 0.15) is 16.8 Å². The minimum Gasteiger partial charge on any atom is -0.483 e. The second-order valence-electron chi connectivity index (χ2n) is 8.98. The molecule has 3 atom stereocenters. The average molecular weight is 562 g/mol. The van der Waals surface area contributed by atoms with Crippen molar-refractivity contribution in [2.75, 3.05) is 16.8 Å². The number of ether oxygens (including phenoxy) is 1. The molecule has 3 amide bonds. The van der Waals surface area contributed by atoms with Gasteiger partial charge in [0.05, 0.1) is 16.6 Å². The molecule has 3 heterocycles. The number of imide groups is 1. The fraction of sp³-hybridized carbons (Fsp3) is 0.143. The number of nitrogens with one attached hydrogen (secondary N) is 2. The molecule has 1 saturated heterocycles. The van der Waals surface area contributed by atoms with E-state index in [1.165, 1.54) is 40.9 Å². The Hall–Kier alpha value is -4.22. The zero-order valence-electron chi connectivity index (χ0n) is 20.1. The Labute approximate surface area is 229 Å². The van der Waals surface area contributed by atoms with E-state index in [1.54, 1.807) is 54.6 Å². The standard InChI is InChI=1S/C28H20FN3O5S2/c29-15-10-12-16(13-11-15)30-20(33)14-37-19-9-5-4-8-18(19)21-22-24(38-25-23(21)39-28(36)31-25)27(35)32(26(22)34)17-6-2-1-3-7-17/h1-13,21-22,24H,14H2,(H,30,33)(H,31,36)/t21-,22-,24+/m0/s1. The normalized spacial score (nSPS) is 19.9. The fourth-order valence-electron chi connectivity index (χ4n) is 4.93. The summed E-state index contributed by atoms with van der Waals surface area (Å²) >= 11 is 2.19. The van der Waals surface area contributed by atoms with E-state index in [4.69, 9.17) is 4.74 Å². The quantitative estimate of drug-likeness (QED) is 0.338. The summed E-state index contributed by atoms with van der Waals surface area (Å²) in [5.74, 6) is -2.64. The Balaban J connectivity index is 1.33. The number of halogens is 1. The monoisotopic (exact) mass is 561 g/mol. The lowest BCUT2D eigenvalue weighted by molar-refractivity contribution is -0.122. The highest BCUT2D eigenvalue weighted by atomic mass is 32.2. The molecule has 0 saturated carbocycles. The zero-order valence-corrected chi connectivity index (χ0v) is 21.8. The molecule has 0 radical (unpaired) electrons. The lowest BCUT2D eigenvalue weighted by Gasteiger charge is -2.30. The number of anilines is 2. The van der Waals surface area contributed by atoms with Gasteiger partial charge in [-0.15, -0.1) is 0 Å². The molecule has 4 aromatic rings. The number of hydrogen-bond acceptors (Lipinski definition) is 7. The number of amides is 3. The van der Waals surface area contributed by atoms with Crippen LogP contribution in [0.15, 0.2) is 88.7 Å². The largest absolute Gasteiger partial charge is 0.483 e. The summed E-state index contributed by atoms with van der Waals surface area (Å²) in [6.45, 7) is -0.344. The number of aromatic nitrogens is 1. The molecule has 8 nitrogen and oxygen atoms in total. The molecular weight excluding hydrogens is 541 g/mol. The lowest BCUT2D eigenvalue weighted by atomic mass is 9.82. The maximum absolute atomic E-state index is 13.8. The number of thiazole rings is 1. The number of carbonyl (C=O) groups is 3. The molecule has 0 bridgehead atoms. The van der Waals surface area contributed by atoms with Gasteiger partial charge >= 0.3 is 4.87 Å². The van der Waals surface area contributed by atoms with Crippen LogP contribution in [0.2, 0.25) is 0 Å². The number of rotatable bonds is 6. The molecule has 2 aliphatic heterocycles. The average Bonchev–Trinajstić information content (AvgIpc) is 3.43. The highest BCUT2D eigenvalue weighted by Gasteiger charge is 2.56. The van der Waals surface area contributed by atoms with Crippen molar-refractivity contribution in [1.82, 2.24) is 4.98 Å². The highest BCUT2D eigenvalue weighted by Crippen LogP contribution is 2.54. The third kappa shape index (κ3) is 4.64.